The van der Waals surface area contributed by atoms with Crippen molar-refractivity contribution in [1.29, 1.82) is 0 Å². The molecule has 4 aromatic rings. The van der Waals surface area contributed by atoms with Gasteiger partial charge in [-0.2, -0.15) is 0 Å². The maximum Gasteiger partial charge on any atom is 0.237 e. The molecule has 4 rings (SSSR count). The molecule has 0 bridgehead atoms. The molecular formula is C23H19ClN4OS2. The highest BCUT2D eigenvalue weighted by Crippen LogP contribution is 2.35. The summed E-state index contributed by atoms with van der Waals surface area (Å²) >= 11 is 8.90. The Kier molecular flexibility index (Phi) is 6.65. The van der Waals surface area contributed by atoms with Gasteiger partial charge in [0.05, 0.1) is 22.0 Å². The topological polar surface area (TPSA) is 59.0 Å². The fourth-order valence-corrected chi connectivity index (χ4v) is 4.82. The standard InChI is InChI=1S/C23H19ClN4OS2/c1-15-21(31-22(26-15)16-8-10-17(24)11-9-16)19-12-13-25-23(27-19)30-14-20(29)28(2)18-6-4-3-5-7-18/h3-13H,14H2,1-2H3. The van der Waals surface area contributed by atoms with Gasteiger partial charge in [0.1, 0.15) is 5.01 Å². The van der Waals surface area contributed by atoms with Crippen LogP contribution in [-0.2, 0) is 4.79 Å². The van der Waals surface area contributed by atoms with Crippen molar-refractivity contribution < 1.29 is 4.79 Å². The van der Waals surface area contributed by atoms with Gasteiger partial charge < -0.3 is 4.90 Å². The van der Waals surface area contributed by atoms with Crippen LogP contribution in [0.25, 0.3) is 21.1 Å². The van der Waals surface area contributed by atoms with Gasteiger partial charge in [-0.3, -0.25) is 4.79 Å². The predicted octanol–water partition coefficient (Wildman–Crippen LogP) is 5.98. The van der Waals surface area contributed by atoms with E-state index in [4.69, 9.17) is 16.6 Å². The van der Waals surface area contributed by atoms with Crippen LogP contribution in [-0.4, -0.2) is 33.7 Å². The number of amides is 1. The number of halogens is 1. The molecule has 156 valence electrons. The molecule has 0 aliphatic heterocycles. The number of aromatic nitrogens is 3. The Bertz CT molecular complexity index is 1200. The molecule has 0 atom stereocenters. The Labute approximate surface area is 194 Å². The zero-order valence-electron chi connectivity index (χ0n) is 16.9. The minimum absolute atomic E-state index is 0.0100. The third-order valence-corrected chi connectivity index (χ3v) is 6.92. The minimum Gasteiger partial charge on any atom is -0.315 e. The quantitative estimate of drug-likeness (QED) is 0.258. The maximum atomic E-state index is 12.5. The fourth-order valence-electron chi connectivity index (χ4n) is 2.91. The summed E-state index contributed by atoms with van der Waals surface area (Å²) in [5.74, 6) is 0.246. The number of nitrogens with zero attached hydrogens (tertiary/aromatic N) is 4. The average molecular weight is 467 g/mol. The Balaban J connectivity index is 1.49. The summed E-state index contributed by atoms with van der Waals surface area (Å²) in [5.41, 5.74) is 3.58. The van der Waals surface area contributed by atoms with Gasteiger partial charge in [-0.1, -0.05) is 53.7 Å². The molecule has 2 heterocycles. The van der Waals surface area contributed by atoms with Crippen LogP contribution in [0.4, 0.5) is 5.69 Å². The lowest BCUT2D eigenvalue weighted by atomic mass is 10.2. The van der Waals surface area contributed by atoms with Gasteiger partial charge in [-0.05, 0) is 37.3 Å². The van der Waals surface area contributed by atoms with Crippen molar-refractivity contribution in [2.75, 3.05) is 17.7 Å². The molecule has 0 saturated carbocycles. The second-order valence-corrected chi connectivity index (χ2v) is 9.12. The summed E-state index contributed by atoms with van der Waals surface area (Å²) in [5, 5.41) is 2.17. The van der Waals surface area contributed by atoms with Gasteiger partial charge in [0, 0.05) is 29.5 Å². The van der Waals surface area contributed by atoms with E-state index in [9.17, 15) is 4.79 Å². The molecule has 0 unspecified atom stereocenters. The van der Waals surface area contributed by atoms with Crippen molar-refractivity contribution in [3.8, 4) is 21.1 Å². The van der Waals surface area contributed by atoms with Crippen LogP contribution in [0.3, 0.4) is 0 Å². The zero-order chi connectivity index (χ0) is 21.8. The second kappa shape index (κ2) is 9.60. The summed E-state index contributed by atoms with van der Waals surface area (Å²) in [7, 11) is 1.77. The molecule has 8 heteroatoms. The smallest absolute Gasteiger partial charge is 0.237 e. The largest absolute Gasteiger partial charge is 0.315 e. The number of carbonyl (C=O) groups is 1. The number of aryl methyl sites for hydroxylation is 1. The number of rotatable bonds is 6. The molecule has 0 aliphatic carbocycles. The van der Waals surface area contributed by atoms with Gasteiger partial charge >= 0.3 is 0 Å². The first-order chi connectivity index (χ1) is 15.0. The van der Waals surface area contributed by atoms with Crippen molar-refractivity contribution in [2.24, 2.45) is 0 Å². The van der Waals surface area contributed by atoms with E-state index < -0.39 is 0 Å². The van der Waals surface area contributed by atoms with E-state index in [0.29, 0.717) is 10.2 Å². The highest BCUT2D eigenvalue weighted by molar-refractivity contribution is 7.99. The first kappa shape index (κ1) is 21.5. The number of para-hydroxylation sites is 1. The molecule has 5 nitrogen and oxygen atoms in total. The van der Waals surface area contributed by atoms with E-state index in [1.807, 2.05) is 67.6 Å². The molecule has 0 aliphatic rings. The third-order valence-electron chi connectivity index (χ3n) is 4.60. The molecule has 31 heavy (non-hydrogen) atoms. The van der Waals surface area contributed by atoms with Crippen LogP contribution in [0.2, 0.25) is 5.02 Å². The summed E-state index contributed by atoms with van der Waals surface area (Å²) in [6, 6.07) is 19.1. The van der Waals surface area contributed by atoms with Crippen LogP contribution >= 0.6 is 34.7 Å². The van der Waals surface area contributed by atoms with Crippen LogP contribution in [0.1, 0.15) is 5.69 Å². The van der Waals surface area contributed by atoms with Crippen molar-refractivity contribution in [3.63, 3.8) is 0 Å². The van der Waals surface area contributed by atoms with Crippen molar-refractivity contribution in [3.05, 3.63) is 77.6 Å². The SMILES string of the molecule is Cc1nc(-c2ccc(Cl)cc2)sc1-c1ccnc(SCC(=O)N(C)c2ccccc2)n1. The molecule has 0 fully saturated rings. The average Bonchev–Trinajstić information content (AvgIpc) is 3.19. The third kappa shape index (κ3) is 5.12. The predicted molar refractivity (Wildman–Crippen MR) is 129 cm³/mol. The molecule has 2 aromatic carbocycles. The molecule has 0 N–H and O–H groups in total. The van der Waals surface area contributed by atoms with Crippen molar-refractivity contribution in [1.82, 2.24) is 15.0 Å². The molecule has 1 amide bonds. The molecule has 0 radical (unpaired) electrons. The number of carbonyl (C=O) groups excluding carboxylic acids is 1. The van der Waals surface area contributed by atoms with Crippen LogP contribution in [0, 0.1) is 6.92 Å². The number of anilines is 1. The van der Waals surface area contributed by atoms with Gasteiger partial charge in [0.25, 0.3) is 0 Å². The summed E-state index contributed by atoms with van der Waals surface area (Å²) in [6.45, 7) is 1.97. The number of thiazole rings is 1. The molecule has 0 saturated heterocycles. The normalized spacial score (nSPS) is 10.8. The Morgan fingerprint density at radius 1 is 1.06 bits per heavy atom. The first-order valence-electron chi connectivity index (χ1n) is 9.52. The van der Waals surface area contributed by atoms with Crippen LogP contribution in [0.15, 0.2) is 72.0 Å². The van der Waals surface area contributed by atoms with Crippen LogP contribution < -0.4 is 4.90 Å². The summed E-state index contributed by atoms with van der Waals surface area (Å²) in [6.07, 6.45) is 1.72. The lowest BCUT2D eigenvalue weighted by Crippen LogP contribution is -2.27. The molecule has 0 spiro atoms. The number of benzene rings is 2. The van der Waals surface area contributed by atoms with E-state index in [1.54, 1.807) is 29.5 Å². The number of hydrogen-bond donors (Lipinski definition) is 0. The van der Waals surface area contributed by atoms with Crippen molar-refractivity contribution in [2.45, 2.75) is 12.1 Å². The Hall–Kier alpha value is -2.74. The van der Waals surface area contributed by atoms with E-state index >= 15 is 0 Å². The zero-order valence-corrected chi connectivity index (χ0v) is 19.3. The molecule has 2 aromatic heterocycles. The Morgan fingerprint density at radius 2 is 1.81 bits per heavy atom. The lowest BCUT2D eigenvalue weighted by molar-refractivity contribution is -0.115. The monoisotopic (exact) mass is 466 g/mol. The number of hydrogen-bond acceptors (Lipinski definition) is 6. The van der Waals surface area contributed by atoms with Gasteiger partial charge in [-0.25, -0.2) is 15.0 Å². The summed E-state index contributed by atoms with van der Waals surface area (Å²) in [4.78, 5) is 28.8. The Morgan fingerprint density at radius 3 is 2.55 bits per heavy atom. The summed E-state index contributed by atoms with van der Waals surface area (Å²) < 4.78 is 0. The van der Waals surface area contributed by atoms with E-state index in [0.717, 1.165) is 32.5 Å². The van der Waals surface area contributed by atoms with E-state index in [-0.39, 0.29) is 11.7 Å². The van der Waals surface area contributed by atoms with E-state index in [2.05, 4.69) is 9.97 Å². The fraction of sp³-hybridized carbons (Fsp3) is 0.130. The molecular weight excluding hydrogens is 448 g/mol. The minimum atomic E-state index is -0.0100. The van der Waals surface area contributed by atoms with Gasteiger partial charge in [0.2, 0.25) is 5.91 Å². The number of thioether (sulfide) groups is 1. The first-order valence-corrected chi connectivity index (χ1v) is 11.7. The highest BCUT2D eigenvalue weighted by atomic mass is 35.5. The second-order valence-electron chi connectivity index (χ2n) is 6.74. The van der Waals surface area contributed by atoms with E-state index in [1.165, 1.54) is 11.8 Å². The van der Waals surface area contributed by atoms with Gasteiger partial charge in [0.15, 0.2) is 5.16 Å². The van der Waals surface area contributed by atoms with Crippen molar-refractivity contribution >= 4 is 46.3 Å². The lowest BCUT2D eigenvalue weighted by Gasteiger charge is -2.16. The highest BCUT2D eigenvalue weighted by Gasteiger charge is 2.15. The maximum absolute atomic E-state index is 12.5. The van der Waals surface area contributed by atoms with Gasteiger partial charge in [-0.15, -0.1) is 11.3 Å². The van der Waals surface area contributed by atoms with Crippen LogP contribution in [0.5, 0.6) is 0 Å².